The summed E-state index contributed by atoms with van der Waals surface area (Å²) in [7, 11) is 1.52. The van der Waals surface area contributed by atoms with Gasteiger partial charge in [-0.15, -0.1) is 0 Å². The molecule has 0 aliphatic heterocycles. The second-order valence-corrected chi connectivity index (χ2v) is 3.99. The Morgan fingerprint density at radius 3 is 2.79 bits per heavy atom. The van der Waals surface area contributed by atoms with Crippen LogP contribution in [0.3, 0.4) is 0 Å². The molecule has 0 saturated heterocycles. The molecular weight excluding hydrogens is 296 g/mol. The lowest BCUT2D eigenvalue weighted by atomic mass is 10.1. The lowest BCUT2D eigenvalue weighted by Crippen LogP contribution is -1.89. The van der Waals surface area contributed by atoms with Gasteiger partial charge in [0, 0.05) is 32.8 Å². The monoisotopic (exact) mass is 303 g/mol. The molecule has 0 fully saturated rings. The van der Waals surface area contributed by atoms with Crippen LogP contribution in [0.1, 0.15) is 0 Å². The predicted octanol–water partition coefficient (Wildman–Crippen LogP) is 2.99. The maximum Gasteiger partial charge on any atom is 0.131 e. The molecule has 4 heteroatoms. The molecule has 2 aromatic rings. The van der Waals surface area contributed by atoms with E-state index in [0.29, 0.717) is 5.75 Å². The summed E-state index contributed by atoms with van der Waals surface area (Å²) in [6, 6.07) is 2.85. The van der Waals surface area contributed by atoms with E-state index in [4.69, 9.17) is 4.74 Å². The molecule has 2 rings (SSSR count). The van der Waals surface area contributed by atoms with E-state index < -0.39 is 0 Å². The van der Waals surface area contributed by atoms with Gasteiger partial charge in [0.05, 0.1) is 7.11 Å². The topological polar surface area (TPSA) is 22.1 Å². The van der Waals surface area contributed by atoms with Crippen LogP contribution in [0.4, 0.5) is 4.39 Å². The van der Waals surface area contributed by atoms with E-state index in [1.165, 1.54) is 19.2 Å². The van der Waals surface area contributed by atoms with Crippen LogP contribution < -0.4 is 4.74 Å². The quantitative estimate of drug-likeness (QED) is 0.756. The fourth-order valence-corrected chi connectivity index (χ4v) is 1.95. The second-order valence-electron chi connectivity index (χ2n) is 2.82. The first-order valence-electron chi connectivity index (χ1n) is 3.99. The van der Waals surface area contributed by atoms with Gasteiger partial charge in [-0.2, -0.15) is 0 Å². The van der Waals surface area contributed by atoms with E-state index in [1.54, 1.807) is 12.4 Å². The zero-order valence-electron chi connectivity index (χ0n) is 7.42. The smallest absolute Gasteiger partial charge is 0.131 e. The minimum Gasteiger partial charge on any atom is -0.496 e. The molecule has 0 amide bonds. The Bertz CT molecular complexity index is 487. The second kappa shape index (κ2) is 3.68. The summed E-state index contributed by atoms with van der Waals surface area (Å²) in [5, 5.41) is 1.67. The highest BCUT2D eigenvalue weighted by Crippen LogP contribution is 2.28. The molecule has 0 radical (unpaired) electrons. The van der Waals surface area contributed by atoms with E-state index in [9.17, 15) is 4.39 Å². The van der Waals surface area contributed by atoms with Crippen LogP contribution in [0.2, 0.25) is 0 Å². The van der Waals surface area contributed by atoms with Crippen molar-refractivity contribution in [2.45, 2.75) is 0 Å². The van der Waals surface area contributed by atoms with Crippen LogP contribution in [0.25, 0.3) is 10.8 Å². The molecule has 0 aliphatic rings. The molecule has 1 aromatic carbocycles. The number of ether oxygens (including phenoxy) is 1. The third-order valence-electron chi connectivity index (χ3n) is 1.98. The average Bonchev–Trinajstić information content (AvgIpc) is 2.18. The maximum atomic E-state index is 13.2. The number of methoxy groups -OCH3 is 1. The Morgan fingerprint density at radius 1 is 1.29 bits per heavy atom. The number of pyridine rings is 1. The minimum absolute atomic E-state index is 0.293. The highest BCUT2D eigenvalue weighted by Gasteiger charge is 2.06. The fraction of sp³-hybridized carbons (Fsp3) is 0.100. The summed E-state index contributed by atoms with van der Waals surface area (Å²) in [6.45, 7) is 0. The largest absolute Gasteiger partial charge is 0.496 e. The molecule has 0 saturated carbocycles. The first-order valence-corrected chi connectivity index (χ1v) is 5.07. The molecule has 1 heterocycles. The molecule has 72 valence electrons. The summed E-state index contributed by atoms with van der Waals surface area (Å²) in [5.74, 6) is 0.226. The van der Waals surface area contributed by atoms with Crippen molar-refractivity contribution in [2.24, 2.45) is 0 Å². The zero-order valence-corrected chi connectivity index (χ0v) is 9.58. The normalized spacial score (nSPS) is 10.5. The van der Waals surface area contributed by atoms with Crippen LogP contribution in [0.5, 0.6) is 5.75 Å². The Kier molecular flexibility index (Phi) is 2.54. The van der Waals surface area contributed by atoms with Crippen LogP contribution in [-0.2, 0) is 0 Å². The van der Waals surface area contributed by atoms with E-state index >= 15 is 0 Å². The van der Waals surface area contributed by atoms with Crippen molar-refractivity contribution in [3.05, 3.63) is 33.9 Å². The zero-order chi connectivity index (χ0) is 10.1. The molecule has 0 N–H and O–H groups in total. The maximum absolute atomic E-state index is 13.2. The Morgan fingerprint density at radius 2 is 2.07 bits per heavy atom. The van der Waals surface area contributed by atoms with Crippen molar-refractivity contribution >= 4 is 33.4 Å². The van der Waals surface area contributed by atoms with Crippen LogP contribution >= 0.6 is 22.6 Å². The first kappa shape index (κ1) is 9.64. The summed E-state index contributed by atoms with van der Waals surface area (Å²) in [4.78, 5) is 4.04. The molecule has 2 nitrogen and oxygen atoms in total. The molecule has 14 heavy (non-hydrogen) atoms. The van der Waals surface area contributed by atoms with Gasteiger partial charge in [-0.1, -0.05) is 0 Å². The Balaban J connectivity index is 2.87. The SMILES string of the molecule is COc1cc(F)cc2c(I)cncc12. The molecular formula is C10H7FINO. The number of benzene rings is 1. The van der Waals surface area contributed by atoms with Crippen molar-refractivity contribution in [3.63, 3.8) is 0 Å². The molecule has 0 aliphatic carbocycles. The minimum atomic E-state index is -0.293. The standard InChI is InChI=1S/C10H7FINO/c1-14-10-3-6(11)2-7-8(10)4-13-5-9(7)12/h2-5H,1H3. The average molecular weight is 303 g/mol. The molecule has 0 bridgehead atoms. The van der Waals surface area contributed by atoms with Crippen molar-refractivity contribution in [2.75, 3.05) is 7.11 Å². The summed E-state index contributed by atoms with van der Waals surface area (Å²) >= 11 is 2.12. The summed E-state index contributed by atoms with van der Waals surface area (Å²) in [5.41, 5.74) is 0. The van der Waals surface area contributed by atoms with Crippen LogP contribution in [0, 0.1) is 9.39 Å². The summed E-state index contributed by atoms with van der Waals surface area (Å²) in [6.07, 6.45) is 3.37. The Labute approximate surface area is 94.2 Å². The van der Waals surface area contributed by atoms with Gasteiger partial charge in [0.25, 0.3) is 0 Å². The number of aromatic nitrogens is 1. The number of hydrogen-bond donors (Lipinski definition) is 0. The number of fused-ring (bicyclic) bond motifs is 1. The number of halogens is 2. The predicted molar refractivity (Wildman–Crippen MR) is 61.0 cm³/mol. The number of hydrogen-bond acceptors (Lipinski definition) is 2. The molecule has 0 atom stereocenters. The lowest BCUT2D eigenvalue weighted by Gasteiger charge is -2.06. The van der Waals surface area contributed by atoms with Crippen molar-refractivity contribution in [1.29, 1.82) is 0 Å². The van der Waals surface area contributed by atoms with E-state index in [-0.39, 0.29) is 5.82 Å². The van der Waals surface area contributed by atoms with Gasteiger partial charge in [0.15, 0.2) is 0 Å². The van der Waals surface area contributed by atoms with Gasteiger partial charge in [-0.3, -0.25) is 4.98 Å². The van der Waals surface area contributed by atoms with Gasteiger partial charge in [0.1, 0.15) is 11.6 Å². The van der Waals surface area contributed by atoms with E-state index in [2.05, 4.69) is 27.6 Å². The van der Waals surface area contributed by atoms with Crippen LogP contribution in [-0.4, -0.2) is 12.1 Å². The van der Waals surface area contributed by atoms with Gasteiger partial charge in [-0.25, -0.2) is 4.39 Å². The molecule has 0 spiro atoms. The highest BCUT2D eigenvalue weighted by molar-refractivity contribution is 14.1. The fourth-order valence-electron chi connectivity index (χ4n) is 1.34. The van der Waals surface area contributed by atoms with Crippen molar-refractivity contribution in [1.82, 2.24) is 4.98 Å². The van der Waals surface area contributed by atoms with Crippen LogP contribution in [0.15, 0.2) is 24.5 Å². The third kappa shape index (κ3) is 1.54. The van der Waals surface area contributed by atoms with Gasteiger partial charge < -0.3 is 4.74 Å². The van der Waals surface area contributed by atoms with Crippen molar-refractivity contribution < 1.29 is 9.13 Å². The molecule has 1 aromatic heterocycles. The molecule has 0 unspecified atom stereocenters. The number of nitrogens with zero attached hydrogens (tertiary/aromatic N) is 1. The number of rotatable bonds is 1. The van der Waals surface area contributed by atoms with Crippen molar-refractivity contribution in [3.8, 4) is 5.75 Å². The summed E-state index contributed by atoms with van der Waals surface area (Å²) < 4.78 is 19.2. The van der Waals surface area contributed by atoms with E-state index in [0.717, 1.165) is 14.3 Å². The van der Waals surface area contributed by atoms with E-state index in [1.807, 2.05) is 0 Å². The van der Waals surface area contributed by atoms with Gasteiger partial charge >= 0.3 is 0 Å². The highest BCUT2D eigenvalue weighted by atomic mass is 127. The van der Waals surface area contributed by atoms with Gasteiger partial charge in [-0.05, 0) is 28.7 Å². The first-order chi connectivity index (χ1) is 6.72. The lowest BCUT2D eigenvalue weighted by molar-refractivity contribution is 0.416. The third-order valence-corrected chi connectivity index (χ3v) is 2.84. The van der Waals surface area contributed by atoms with Gasteiger partial charge in [0.2, 0.25) is 0 Å². The Hall–Kier alpha value is -0.910.